The van der Waals surface area contributed by atoms with E-state index in [2.05, 4.69) is 15.4 Å². The van der Waals surface area contributed by atoms with Crippen LogP contribution in [0, 0.1) is 0 Å². The molecule has 0 fully saturated rings. The Bertz CT molecular complexity index is 1620. The summed E-state index contributed by atoms with van der Waals surface area (Å²) in [5.41, 5.74) is 2.56. The normalized spacial score (nSPS) is 11.4. The van der Waals surface area contributed by atoms with Crippen LogP contribution in [0.15, 0.2) is 67.1 Å². The molecule has 0 bridgehead atoms. The van der Waals surface area contributed by atoms with Gasteiger partial charge in [0, 0.05) is 5.39 Å². The number of nitrogens with zero attached hydrogens (tertiary/aromatic N) is 6. The molecule has 0 aliphatic rings. The maximum atomic E-state index is 12.4. The highest BCUT2D eigenvalue weighted by molar-refractivity contribution is 5.92. The fourth-order valence-corrected chi connectivity index (χ4v) is 3.97. The van der Waals surface area contributed by atoms with Gasteiger partial charge in [-0.25, -0.2) is 14.8 Å². The van der Waals surface area contributed by atoms with Crippen molar-refractivity contribution in [1.82, 2.24) is 29.5 Å². The van der Waals surface area contributed by atoms with Crippen molar-refractivity contribution in [1.29, 1.82) is 0 Å². The molecule has 0 aliphatic carbocycles. The van der Waals surface area contributed by atoms with E-state index in [1.165, 1.54) is 19.5 Å². The van der Waals surface area contributed by atoms with Crippen LogP contribution < -0.4 is 14.8 Å². The summed E-state index contributed by atoms with van der Waals surface area (Å²) in [6.45, 7) is 5.95. The van der Waals surface area contributed by atoms with Crippen LogP contribution in [0.5, 0.6) is 11.5 Å². The smallest absolute Gasteiger partial charge is 0.435 e. The molecule has 5 rings (SSSR count). The van der Waals surface area contributed by atoms with Gasteiger partial charge in [0.05, 0.1) is 50.6 Å². The Morgan fingerprint density at radius 2 is 1.77 bits per heavy atom. The van der Waals surface area contributed by atoms with Gasteiger partial charge in [-0.15, -0.1) is 0 Å². The number of nitrogens with one attached hydrogen (secondary N) is 1. The number of methoxy groups -OCH3 is 2. The fraction of sp³-hybridized carbons (Fsp3) is 0.250. The lowest BCUT2D eigenvalue weighted by Gasteiger charge is -2.18. The minimum absolute atomic E-state index is 0.403. The highest BCUT2D eigenvalue weighted by Crippen LogP contribution is 2.31. The van der Waals surface area contributed by atoms with Crippen molar-refractivity contribution < 1.29 is 19.0 Å². The van der Waals surface area contributed by atoms with E-state index in [-0.39, 0.29) is 0 Å². The van der Waals surface area contributed by atoms with Gasteiger partial charge in [0.15, 0.2) is 17.4 Å². The number of benzene rings is 2. The Balaban J connectivity index is 1.46. The third-order valence-electron chi connectivity index (χ3n) is 5.76. The van der Waals surface area contributed by atoms with Crippen LogP contribution in [0.1, 0.15) is 26.3 Å². The van der Waals surface area contributed by atoms with Gasteiger partial charge in [0.1, 0.15) is 17.0 Å². The number of hydrogen-bond donors (Lipinski definition) is 1. The monoisotopic (exact) mass is 527 g/mol. The summed E-state index contributed by atoms with van der Waals surface area (Å²) in [5.74, 6) is 2.04. The van der Waals surface area contributed by atoms with Gasteiger partial charge >= 0.3 is 6.09 Å². The van der Waals surface area contributed by atoms with E-state index in [1.807, 2.05) is 53.2 Å². The summed E-state index contributed by atoms with van der Waals surface area (Å²) in [5, 5.41) is 13.1. The van der Waals surface area contributed by atoms with Crippen LogP contribution in [-0.4, -0.2) is 55.4 Å². The van der Waals surface area contributed by atoms with E-state index in [9.17, 15) is 4.79 Å². The molecule has 3 heterocycles. The summed E-state index contributed by atoms with van der Waals surface area (Å²) < 4.78 is 19.2. The fourth-order valence-electron chi connectivity index (χ4n) is 3.97. The van der Waals surface area contributed by atoms with Crippen molar-refractivity contribution >= 4 is 28.5 Å². The molecular formula is C28H29N7O4. The van der Waals surface area contributed by atoms with Crippen molar-refractivity contribution in [3.05, 3.63) is 72.7 Å². The van der Waals surface area contributed by atoms with Crippen molar-refractivity contribution in [2.75, 3.05) is 19.5 Å². The molecule has 0 atom stereocenters. The molecule has 0 amide bonds. The molecule has 5 aromatic rings. The first-order valence-electron chi connectivity index (χ1n) is 12.3. The van der Waals surface area contributed by atoms with E-state index >= 15 is 0 Å². The quantitative estimate of drug-likeness (QED) is 0.301. The molecule has 39 heavy (non-hydrogen) atoms. The van der Waals surface area contributed by atoms with Crippen molar-refractivity contribution in [2.24, 2.45) is 0 Å². The summed E-state index contributed by atoms with van der Waals surface area (Å²) in [4.78, 5) is 21.6. The molecule has 11 heteroatoms. The maximum absolute atomic E-state index is 12.4. The average molecular weight is 528 g/mol. The minimum Gasteiger partial charge on any atom is -0.497 e. The van der Waals surface area contributed by atoms with E-state index in [1.54, 1.807) is 34.1 Å². The molecule has 2 aromatic carbocycles. The van der Waals surface area contributed by atoms with Gasteiger partial charge < -0.3 is 19.5 Å². The number of para-hydroxylation sites is 1. The van der Waals surface area contributed by atoms with Crippen LogP contribution in [0.4, 0.5) is 16.3 Å². The second kappa shape index (κ2) is 10.4. The highest BCUT2D eigenvalue weighted by Gasteiger charge is 2.20. The van der Waals surface area contributed by atoms with E-state index < -0.39 is 11.7 Å². The summed E-state index contributed by atoms with van der Waals surface area (Å²) >= 11 is 0. The summed E-state index contributed by atoms with van der Waals surface area (Å²) in [6.07, 6.45) is 4.03. The van der Waals surface area contributed by atoms with Gasteiger partial charge in [-0.05, 0) is 44.5 Å². The number of fused-ring (bicyclic) bond motifs is 1. The van der Waals surface area contributed by atoms with Gasteiger partial charge in [-0.2, -0.15) is 14.9 Å². The maximum Gasteiger partial charge on any atom is 0.435 e. The standard InChI is InChI=1S/C28H29N7O4/c1-28(2,3)39-27(36)35-17-19(14-30-35)31-25-23(38-5)15-29-26(32-25)24-21-8-6-7-9-22(21)34(33-24)16-18-10-12-20(37-4)13-11-18/h6-15,17H,16H2,1-5H3,(H,29,31,32). The summed E-state index contributed by atoms with van der Waals surface area (Å²) in [7, 11) is 3.18. The lowest BCUT2D eigenvalue weighted by molar-refractivity contribution is 0.0514. The molecule has 0 spiro atoms. The number of hydrogen-bond acceptors (Lipinski definition) is 9. The number of rotatable bonds is 7. The van der Waals surface area contributed by atoms with Crippen LogP contribution in [0.3, 0.4) is 0 Å². The second-order valence-electron chi connectivity index (χ2n) is 9.76. The predicted octanol–water partition coefficient (Wildman–Crippen LogP) is 5.28. The number of carbonyl (C=O) groups is 1. The van der Waals surface area contributed by atoms with Gasteiger partial charge in [0.2, 0.25) is 0 Å². The lowest BCUT2D eigenvalue weighted by atomic mass is 10.2. The van der Waals surface area contributed by atoms with Crippen molar-refractivity contribution in [3.63, 3.8) is 0 Å². The van der Waals surface area contributed by atoms with Gasteiger partial charge in [-0.3, -0.25) is 4.68 Å². The molecule has 0 saturated carbocycles. The number of carbonyl (C=O) groups excluding carboxylic acids is 1. The Labute approximate surface area is 225 Å². The van der Waals surface area contributed by atoms with Crippen molar-refractivity contribution in [3.8, 4) is 23.0 Å². The molecule has 0 radical (unpaired) electrons. The predicted molar refractivity (Wildman–Crippen MR) is 147 cm³/mol. The molecule has 0 aliphatic heterocycles. The van der Waals surface area contributed by atoms with Gasteiger partial charge in [-0.1, -0.05) is 30.3 Å². The van der Waals surface area contributed by atoms with E-state index in [0.717, 1.165) is 26.9 Å². The van der Waals surface area contributed by atoms with Crippen LogP contribution in [0.25, 0.3) is 22.4 Å². The zero-order valence-corrected chi connectivity index (χ0v) is 22.4. The van der Waals surface area contributed by atoms with Crippen LogP contribution >= 0.6 is 0 Å². The first-order chi connectivity index (χ1) is 18.7. The molecule has 0 unspecified atom stereocenters. The third-order valence-corrected chi connectivity index (χ3v) is 5.76. The summed E-state index contributed by atoms with van der Waals surface area (Å²) in [6, 6.07) is 15.8. The molecule has 1 N–H and O–H groups in total. The van der Waals surface area contributed by atoms with E-state index in [0.29, 0.717) is 35.3 Å². The Hall–Kier alpha value is -4.93. The van der Waals surface area contributed by atoms with Crippen LogP contribution in [-0.2, 0) is 11.3 Å². The topological polar surface area (TPSA) is 118 Å². The highest BCUT2D eigenvalue weighted by atomic mass is 16.6. The van der Waals surface area contributed by atoms with Gasteiger partial charge in [0.25, 0.3) is 0 Å². The molecular weight excluding hydrogens is 498 g/mol. The zero-order valence-electron chi connectivity index (χ0n) is 22.4. The van der Waals surface area contributed by atoms with Crippen LogP contribution in [0.2, 0.25) is 0 Å². The Morgan fingerprint density at radius 3 is 2.49 bits per heavy atom. The first kappa shape index (κ1) is 25.7. The third kappa shape index (κ3) is 5.66. The largest absolute Gasteiger partial charge is 0.497 e. The molecule has 11 nitrogen and oxygen atoms in total. The second-order valence-corrected chi connectivity index (χ2v) is 9.76. The minimum atomic E-state index is -0.638. The molecule has 200 valence electrons. The average Bonchev–Trinajstić information content (AvgIpc) is 3.53. The SMILES string of the molecule is COc1ccc(Cn2nc(-c3ncc(OC)c(Nc4cnn(C(=O)OC(C)(C)C)c4)n3)c3ccccc32)cc1. The molecule has 3 aromatic heterocycles. The zero-order chi connectivity index (χ0) is 27.6. The lowest BCUT2D eigenvalue weighted by Crippen LogP contribution is -2.27. The van der Waals surface area contributed by atoms with Crippen molar-refractivity contribution in [2.45, 2.75) is 32.9 Å². The number of ether oxygens (including phenoxy) is 3. The number of aromatic nitrogens is 6. The first-order valence-corrected chi connectivity index (χ1v) is 12.3. The Morgan fingerprint density at radius 1 is 1.00 bits per heavy atom. The van der Waals surface area contributed by atoms with E-state index in [4.69, 9.17) is 24.3 Å². The Kier molecular flexibility index (Phi) is 6.88. The molecule has 0 saturated heterocycles. The number of anilines is 2.